The summed E-state index contributed by atoms with van der Waals surface area (Å²) >= 11 is 1.65. The van der Waals surface area contributed by atoms with Gasteiger partial charge in [-0.15, -0.1) is 0 Å². The second kappa shape index (κ2) is 10.2. The molecule has 5 nitrogen and oxygen atoms in total. The minimum absolute atomic E-state index is 0.154. The molecule has 0 aliphatic heterocycles. The van der Waals surface area contributed by atoms with Crippen LogP contribution in [-0.2, 0) is 11.2 Å². The Hall–Kier alpha value is -1.56. The highest BCUT2D eigenvalue weighted by Gasteiger charge is 2.09. The van der Waals surface area contributed by atoms with Gasteiger partial charge in [0.15, 0.2) is 0 Å². The zero-order valence-electron chi connectivity index (χ0n) is 12.4. The average molecular weight is 312 g/mol. The van der Waals surface area contributed by atoms with Gasteiger partial charge in [-0.25, -0.2) is 4.79 Å². The molecule has 118 valence electrons. The van der Waals surface area contributed by atoms with Gasteiger partial charge in [0.1, 0.15) is 0 Å². The van der Waals surface area contributed by atoms with Crippen molar-refractivity contribution in [1.82, 2.24) is 10.6 Å². The predicted molar refractivity (Wildman–Crippen MR) is 84.7 cm³/mol. The second-order valence-electron chi connectivity index (χ2n) is 5.06. The highest BCUT2D eigenvalue weighted by atomic mass is 32.1. The Morgan fingerprint density at radius 3 is 2.67 bits per heavy atom. The lowest BCUT2D eigenvalue weighted by Crippen LogP contribution is -2.37. The zero-order chi connectivity index (χ0) is 15.5. The smallest absolute Gasteiger partial charge is 0.314 e. The Balaban J connectivity index is 2.07. The fraction of sp³-hybridized carbons (Fsp3) is 0.600. The van der Waals surface area contributed by atoms with E-state index in [1.807, 2.05) is 12.3 Å². The van der Waals surface area contributed by atoms with E-state index in [-0.39, 0.29) is 12.5 Å². The average Bonchev–Trinajstić information content (AvgIpc) is 2.95. The molecule has 0 radical (unpaired) electrons. The molecule has 0 aliphatic carbocycles. The van der Waals surface area contributed by atoms with Crippen molar-refractivity contribution in [2.75, 3.05) is 13.1 Å². The van der Waals surface area contributed by atoms with Gasteiger partial charge in [-0.3, -0.25) is 4.79 Å². The number of carbonyl (C=O) groups is 2. The molecule has 0 spiro atoms. The summed E-state index contributed by atoms with van der Waals surface area (Å²) in [6.07, 6.45) is 3.47. The largest absolute Gasteiger partial charge is 0.481 e. The van der Waals surface area contributed by atoms with Crippen LogP contribution in [0.1, 0.15) is 38.2 Å². The van der Waals surface area contributed by atoms with E-state index in [4.69, 9.17) is 5.11 Å². The van der Waals surface area contributed by atoms with E-state index in [2.05, 4.69) is 22.1 Å². The summed E-state index contributed by atoms with van der Waals surface area (Å²) in [4.78, 5) is 22.1. The monoisotopic (exact) mass is 312 g/mol. The van der Waals surface area contributed by atoms with Gasteiger partial charge in [-0.05, 0) is 47.6 Å². The fourth-order valence-corrected chi connectivity index (χ4v) is 2.79. The Morgan fingerprint density at radius 2 is 2.05 bits per heavy atom. The number of thiophene rings is 1. The molecule has 6 heteroatoms. The SMILES string of the molecule is CCC(CCNC(=O)NCCc1ccsc1)CCC(=O)O. The molecule has 0 fully saturated rings. The Kier molecular flexibility index (Phi) is 8.50. The first-order valence-electron chi connectivity index (χ1n) is 7.36. The molecule has 1 aromatic heterocycles. The first-order valence-corrected chi connectivity index (χ1v) is 8.30. The van der Waals surface area contributed by atoms with Gasteiger partial charge in [0.2, 0.25) is 0 Å². The van der Waals surface area contributed by atoms with Crippen LogP contribution in [0, 0.1) is 5.92 Å². The highest BCUT2D eigenvalue weighted by molar-refractivity contribution is 7.07. The maximum atomic E-state index is 11.6. The molecule has 21 heavy (non-hydrogen) atoms. The molecule has 1 unspecified atom stereocenters. The number of carboxylic acid groups (broad SMARTS) is 1. The summed E-state index contributed by atoms with van der Waals surface area (Å²) in [5.41, 5.74) is 1.24. The zero-order valence-corrected chi connectivity index (χ0v) is 13.2. The van der Waals surface area contributed by atoms with Crippen LogP contribution >= 0.6 is 11.3 Å². The molecule has 1 atom stereocenters. The summed E-state index contributed by atoms with van der Waals surface area (Å²) in [5.74, 6) is -0.403. The van der Waals surface area contributed by atoms with Crippen LogP contribution in [0.4, 0.5) is 4.79 Å². The summed E-state index contributed by atoms with van der Waals surface area (Å²) in [6, 6.07) is 1.90. The van der Waals surface area contributed by atoms with E-state index < -0.39 is 5.97 Å². The quantitative estimate of drug-likeness (QED) is 0.621. The van der Waals surface area contributed by atoms with E-state index in [1.165, 1.54) is 5.56 Å². The molecule has 3 N–H and O–H groups in total. The number of rotatable bonds is 10. The molecule has 0 saturated heterocycles. The standard InChI is InChI=1S/C15H24N2O3S/c1-2-12(3-4-14(18)19)5-8-16-15(20)17-9-6-13-7-10-21-11-13/h7,10-12H,2-6,8-9H2,1H3,(H,18,19)(H2,16,17,20). The van der Waals surface area contributed by atoms with E-state index in [0.29, 0.717) is 25.4 Å². The number of aliphatic carboxylic acids is 1. The lowest BCUT2D eigenvalue weighted by atomic mass is 9.97. The summed E-state index contributed by atoms with van der Waals surface area (Å²) in [7, 11) is 0. The Labute approximate surface area is 129 Å². The maximum absolute atomic E-state index is 11.6. The number of urea groups is 1. The minimum atomic E-state index is -0.757. The van der Waals surface area contributed by atoms with E-state index in [1.54, 1.807) is 11.3 Å². The minimum Gasteiger partial charge on any atom is -0.481 e. The van der Waals surface area contributed by atoms with Crippen molar-refractivity contribution >= 4 is 23.3 Å². The molecule has 0 saturated carbocycles. The van der Waals surface area contributed by atoms with Crippen LogP contribution in [0.5, 0.6) is 0 Å². The molecule has 1 heterocycles. The third kappa shape index (κ3) is 8.34. The van der Waals surface area contributed by atoms with Crippen molar-refractivity contribution in [1.29, 1.82) is 0 Å². The summed E-state index contributed by atoms with van der Waals surface area (Å²) in [5, 5.41) is 18.4. The van der Waals surface area contributed by atoms with E-state index >= 15 is 0 Å². The third-order valence-electron chi connectivity index (χ3n) is 3.46. The van der Waals surface area contributed by atoms with E-state index in [9.17, 15) is 9.59 Å². The molecule has 2 amide bonds. The van der Waals surface area contributed by atoms with E-state index in [0.717, 1.165) is 19.3 Å². The number of carbonyl (C=O) groups excluding carboxylic acids is 1. The summed E-state index contributed by atoms with van der Waals surface area (Å²) in [6.45, 7) is 3.26. The van der Waals surface area contributed by atoms with Gasteiger partial charge in [-0.1, -0.05) is 13.3 Å². The van der Waals surface area contributed by atoms with Crippen molar-refractivity contribution in [3.8, 4) is 0 Å². The predicted octanol–water partition coefficient (Wildman–Crippen LogP) is 2.87. The van der Waals surface area contributed by atoms with Crippen molar-refractivity contribution in [3.63, 3.8) is 0 Å². The number of hydrogen-bond acceptors (Lipinski definition) is 3. The van der Waals surface area contributed by atoms with Crippen molar-refractivity contribution in [2.24, 2.45) is 5.92 Å². The Bertz CT molecular complexity index is 421. The van der Waals surface area contributed by atoms with Gasteiger partial charge >= 0.3 is 12.0 Å². The molecule has 0 aromatic carbocycles. The topological polar surface area (TPSA) is 78.4 Å². The lowest BCUT2D eigenvalue weighted by molar-refractivity contribution is -0.137. The number of nitrogens with one attached hydrogen (secondary N) is 2. The molecular weight excluding hydrogens is 288 g/mol. The van der Waals surface area contributed by atoms with Gasteiger partial charge in [0, 0.05) is 19.5 Å². The first-order chi connectivity index (χ1) is 10.1. The third-order valence-corrected chi connectivity index (χ3v) is 4.19. The molecule has 0 aliphatic rings. The molecular formula is C15H24N2O3S. The van der Waals surface area contributed by atoms with Crippen LogP contribution < -0.4 is 10.6 Å². The fourth-order valence-electron chi connectivity index (χ4n) is 2.09. The van der Waals surface area contributed by atoms with Crippen molar-refractivity contribution in [2.45, 2.75) is 39.0 Å². The van der Waals surface area contributed by atoms with Crippen LogP contribution in [0.2, 0.25) is 0 Å². The highest BCUT2D eigenvalue weighted by Crippen LogP contribution is 2.14. The number of hydrogen-bond donors (Lipinski definition) is 3. The molecule has 0 bridgehead atoms. The van der Waals surface area contributed by atoms with Crippen LogP contribution in [-0.4, -0.2) is 30.2 Å². The second-order valence-corrected chi connectivity index (χ2v) is 5.84. The van der Waals surface area contributed by atoms with Crippen LogP contribution in [0.25, 0.3) is 0 Å². The van der Waals surface area contributed by atoms with Crippen molar-refractivity contribution < 1.29 is 14.7 Å². The van der Waals surface area contributed by atoms with Crippen LogP contribution in [0.3, 0.4) is 0 Å². The maximum Gasteiger partial charge on any atom is 0.314 e. The number of amides is 2. The van der Waals surface area contributed by atoms with Crippen LogP contribution in [0.15, 0.2) is 16.8 Å². The molecule has 1 aromatic rings. The first kappa shape index (κ1) is 17.5. The molecule has 1 rings (SSSR count). The van der Waals surface area contributed by atoms with Gasteiger partial charge in [-0.2, -0.15) is 11.3 Å². The van der Waals surface area contributed by atoms with Crippen molar-refractivity contribution in [3.05, 3.63) is 22.4 Å². The van der Waals surface area contributed by atoms with Gasteiger partial charge in [0.05, 0.1) is 0 Å². The number of carboxylic acids is 1. The summed E-state index contributed by atoms with van der Waals surface area (Å²) < 4.78 is 0. The lowest BCUT2D eigenvalue weighted by Gasteiger charge is -2.14. The van der Waals surface area contributed by atoms with Gasteiger partial charge in [0.25, 0.3) is 0 Å². The normalized spacial score (nSPS) is 11.9. The Morgan fingerprint density at radius 1 is 1.29 bits per heavy atom. The van der Waals surface area contributed by atoms with Gasteiger partial charge < -0.3 is 15.7 Å².